The molecule has 22 nitrogen and oxygen atoms in total. The molecule has 0 radical (unpaired) electrons. The number of pyridine rings is 10. The van der Waals surface area contributed by atoms with E-state index in [2.05, 4.69) is 101 Å². The molecule has 16 aromatic rings. The second-order valence-electron chi connectivity index (χ2n) is 26.3. The Morgan fingerprint density at radius 2 is 0.842 bits per heavy atom. The Morgan fingerprint density at radius 3 is 1.31 bits per heavy atom. The smallest absolute Gasteiger partial charge is 0.191 e. The van der Waals surface area contributed by atoms with E-state index >= 15 is 0 Å². The highest BCUT2D eigenvalue weighted by molar-refractivity contribution is 6.34. The summed E-state index contributed by atoms with van der Waals surface area (Å²) in [6.45, 7) is 11.8. The number of halogens is 2. The first-order valence-corrected chi connectivity index (χ1v) is 36.2. The van der Waals surface area contributed by atoms with Crippen molar-refractivity contribution < 1.29 is 0 Å². The van der Waals surface area contributed by atoms with E-state index in [9.17, 15) is 30.6 Å². The molecule has 12 aromatic heterocycles. The Labute approximate surface area is 662 Å². The molecule has 14 heterocycles. The minimum atomic E-state index is -0.124. The van der Waals surface area contributed by atoms with Gasteiger partial charge in [0, 0.05) is 166 Å². The van der Waals surface area contributed by atoms with Gasteiger partial charge in [-0.25, -0.2) is 39.9 Å². The highest BCUT2D eigenvalue weighted by Gasteiger charge is 2.24. The number of fused-ring (bicyclic) bond motifs is 6. The van der Waals surface area contributed by atoms with Gasteiger partial charge in [0.15, 0.2) is 22.2 Å². The SMILES string of the molecule is C=C1C=Cc2cc(-c3cc(Cl)c4nccn4c3)c(-c3cccc(C#N)c3C)nc2N1.C=C1C=Cc2cc(-c3ccnc(NC)c3)c(-c3cccc(C#N)c3)nc2N1.CNc1cc(-c2cc3c(=O)cc[nH]c3nc2-c2cccc(C#N)c2)ccn1.Cc1c(C#N)cccc1-c1nc2[nH]ccc(=O)c2cc1-c1cc(Cl)c2nccn2c1. The number of benzene rings is 4. The summed E-state index contributed by atoms with van der Waals surface area (Å²) in [5, 5.41) is 52.1. The second-order valence-corrected chi connectivity index (χ2v) is 27.1. The van der Waals surface area contributed by atoms with E-state index in [1.165, 1.54) is 12.1 Å². The molecule has 0 spiro atoms. The molecular weight excluding hydrogens is 1460 g/mol. The third kappa shape index (κ3) is 14.9. The molecule has 24 heteroatoms. The van der Waals surface area contributed by atoms with Crippen LogP contribution in [0, 0.1) is 59.2 Å². The molecule has 18 rings (SSSR count). The van der Waals surface area contributed by atoms with E-state index in [-0.39, 0.29) is 10.9 Å². The maximum absolute atomic E-state index is 12.5. The highest BCUT2D eigenvalue weighted by Crippen LogP contribution is 2.42. The van der Waals surface area contributed by atoms with Gasteiger partial charge in [0.25, 0.3) is 0 Å². The van der Waals surface area contributed by atoms with Crippen molar-refractivity contribution in [3.05, 3.63) is 331 Å². The molecule has 2 aliphatic heterocycles. The molecule has 0 saturated heterocycles. The fourth-order valence-electron chi connectivity index (χ4n) is 13.4. The summed E-state index contributed by atoms with van der Waals surface area (Å²) >= 11 is 13.0. The topological polar surface area (TPSA) is 321 Å². The van der Waals surface area contributed by atoms with Gasteiger partial charge in [-0.3, -0.25) is 9.59 Å². The van der Waals surface area contributed by atoms with Gasteiger partial charge in [0.2, 0.25) is 0 Å². The summed E-state index contributed by atoms with van der Waals surface area (Å²) < 4.78 is 3.73. The number of aromatic nitrogens is 12. The molecule has 2 aliphatic rings. The number of anilines is 4. The molecule has 0 unspecified atom stereocenters. The van der Waals surface area contributed by atoms with Crippen molar-refractivity contribution in [1.82, 2.24) is 58.6 Å². The molecule has 0 amide bonds. The highest BCUT2D eigenvalue weighted by atomic mass is 35.5. The van der Waals surface area contributed by atoms with Crippen LogP contribution in [-0.4, -0.2) is 72.7 Å². The van der Waals surface area contributed by atoms with Crippen LogP contribution in [0.5, 0.6) is 0 Å². The van der Waals surface area contributed by atoms with E-state index in [1.54, 1.807) is 68.5 Å². The lowest BCUT2D eigenvalue weighted by Crippen LogP contribution is -2.06. The van der Waals surface area contributed by atoms with Gasteiger partial charge in [-0.2, -0.15) is 21.0 Å². The third-order valence-corrected chi connectivity index (χ3v) is 19.7. The van der Waals surface area contributed by atoms with Crippen LogP contribution >= 0.6 is 23.2 Å². The first-order chi connectivity index (χ1) is 55.5. The molecule has 0 bridgehead atoms. The molecule has 0 fully saturated rings. The van der Waals surface area contributed by atoms with Gasteiger partial charge >= 0.3 is 0 Å². The molecule has 0 aliphatic carbocycles. The van der Waals surface area contributed by atoms with Crippen LogP contribution in [-0.2, 0) is 0 Å². The van der Waals surface area contributed by atoms with E-state index in [0.29, 0.717) is 82.9 Å². The average Bonchev–Trinajstić information content (AvgIpc) is 1.17. The number of allylic oxidation sites excluding steroid dienone is 2. The first-order valence-electron chi connectivity index (χ1n) is 35.5. The predicted octanol–water partition coefficient (Wildman–Crippen LogP) is 18.8. The average molecular weight is 1530 g/mol. The fourth-order valence-corrected chi connectivity index (χ4v) is 14.0. The summed E-state index contributed by atoms with van der Waals surface area (Å²) in [6.07, 6.45) is 25.4. The van der Waals surface area contributed by atoms with Gasteiger partial charge in [-0.05, 0) is 157 Å². The van der Waals surface area contributed by atoms with E-state index in [1.807, 2.05) is 188 Å². The van der Waals surface area contributed by atoms with Crippen molar-refractivity contribution >= 4 is 92.0 Å². The zero-order valence-electron chi connectivity index (χ0n) is 61.3. The molecule has 6 N–H and O–H groups in total. The number of hydrogen-bond donors (Lipinski definition) is 6. The Bertz CT molecular complexity index is 7020. The number of H-pyrrole nitrogens is 2. The van der Waals surface area contributed by atoms with E-state index in [0.717, 1.165) is 129 Å². The van der Waals surface area contributed by atoms with Crippen LogP contribution in [0.4, 0.5) is 23.3 Å². The molecule has 548 valence electrons. The summed E-state index contributed by atoms with van der Waals surface area (Å²) in [6, 6.07) is 57.0. The quantitative estimate of drug-likeness (QED) is 0.0741. The van der Waals surface area contributed by atoms with Crippen LogP contribution in [0.2, 0.25) is 10.0 Å². The van der Waals surface area contributed by atoms with Gasteiger partial charge in [0.05, 0.1) is 90.1 Å². The second kappa shape index (κ2) is 31.8. The largest absolute Gasteiger partial charge is 0.373 e. The summed E-state index contributed by atoms with van der Waals surface area (Å²) in [5.41, 5.74) is 23.0. The number of imidazole rings is 2. The normalized spacial score (nSPS) is 11.6. The van der Waals surface area contributed by atoms with Gasteiger partial charge in [0.1, 0.15) is 34.6 Å². The number of nitrogens with one attached hydrogen (secondary N) is 6. The maximum Gasteiger partial charge on any atom is 0.191 e. The maximum atomic E-state index is 12.5. The van der Waals surface area contributed by atoms with Crippen LogP contribution in [0.15, 0.2) is 266 Å². The van der Waals surface area contributed by atoms with Gasteiger partial charge < -0.3 is 40.0 Å². The lowest BCUT2D eigenvalue weighted by molar-refractivity contribution is 1.18. The van der Waals surface area contributed by atoms with E-state index in [4.69, 9.17) is 43.1 Å². The Hall–Kier alpha value is -15.7. The summed E-state index contributed by atoms with van der Waals surface area (Å²) in [5.74, 6) is 2.99. The Kier molecular flexibility index (Phi) is 20.6. The van der Waals surface area contributed by atoms with E-state index < -0.39 is 0 Å². The molecule has 0 saturated carbocycles. The summed E-state index contributed by atoms with van der Waals surface area (Å²) in [7, 11) is 3.64. The van der Waals surface area contributed by atoms with Crippen LogP contribution in [0.1, 0.15) is 44.5 Å². The van der Waals surface area contributed by atoms with Crippen molar-refractivity contribution in [2.24, 2.45) is 0 Å². The fraction of sp³-hybridized carbons (Fsp3) is 0.0444. The lowest BCUT2D eigenvalue weighted by Gasteiger charge is -2.19. The molecule has 4 aromatic carbocycles. The number of hydrogen-bond acceptors (Lipinski definition) is 18. The predicted molar refractivity (Wildman–Crippen MR) is 451 cm³/mol. The first kappa shape index (κ1) is 73.8. The standard InChI is InChI=1S/C24H16ClN5.C23H14ClN5O.C22H17N5.C21H15N5O/c1-14-6-7-16-10-20(18-11-21(25)24-27-8-9-30(24)13-18)22(29-23(16)28-14)19-5-3-4-17(12-26)15(19)2;1-13-14(11-25)3-2-4-16(13)21-17(10-18-20(30)5-6-26-22(18)28-21)15-9-19(24)23-27-7-8-29(23)12-15;1-14-6-7-18-11-19(16-8-9-25-20(12-16)24-2)21(27-22(18)26-14)17-5-3-4-15(10-17)13-23;1-23-19-10-14(5-7-24-19)16-11-17-18(27)6-8-25-21(17)26-20(16)15-4-2-3-13(9-15)12-22/h3-11,13H,1H2,2H3,(H,28,29);2-10,12H,1H3,(H,26,28,30);3-12H,1H2,2H3,(H,24,25)(H,26,27);2-11H,1H3,(H,23,24)(H,25,26,27). The minimum absolute atomic E-state index is 0.0993. The number of rotatable bonds is 10. The number of aromatic amines is 2. The van der Waals surface area contributed by atoms with Gasteiger partial charge in [-0.15, -0.1) is 0 Å². The third-order valence-electron chi connectivity index (χ3n) is 19.2. The monoisotopic (exact) mass is 1520 g/mol. The van der Waals surface area contributed by atoms with Crippen molar-refractivity contribution in [2.75, 3.05) is 35.4 Å². The van der Waals surface area contributed by atoms with Crippen LogP contribution < -0.4 is 32.1 Å². The molecular formula is C90H62Cl2N20O2. The number of nitriles is 4. The van der Waals surface area contributed by atoms with Crippen LogP contribution in [0.25, 0.3) is 135 Å². The zero-order chi connectivity index (χ0) is 79.3. The van der Waals surface area contributed by atoms with Crippen molar-refractivity contribution in [1.29, 1.82) is 21.0 Å². The Morgan fingerprint density at radius 1 is 0.421 bits per heavy atom. The van der Waals surface area contributed by atoms with Crippen molar-refractivity contribution in [3.63, 3.8) is 0 Å². The Balaban J connectivity index is 0.000000120. The number of nitrogens with zero attached hydrogens (tertiary/aromatic N) is 14. The minimum Gasteiger partial charge on any atom is -0.373 e. The zero-order valence-corrected chi connectivity index (χ0v) is 62.9. The molecule has 0 atom stereocenters. The lowest BCUT2D eigenvalue weighted by atomic mass is 9.93. The van der Waals surface area contributed by atoms with Crippen LogP contribution in [0.3, 0.4) is 0 Å². The van der Waals surface area contributed by atoms with Crippen molar-refractivity contribution in [2.45, 2.75) is 13.8 Å². The summed E-state index contributed by atoms with van der Waals surface area (Å²) in [4.78, 5) is 67.3. The van der Waals surface area contributed by atoms with Gasteiger partial charge in [-0.1, -0.05) is 84.9 Å². The molecule has 114 heavy (non-hydrogen) atoms. The van der Waals surface area contributed by atoms with Crippen molar-refractivity contribution in [3.8, 4) is 114 Å².